The summed E-state index contributed by atoms with van der Waals surface area (Å²) in [5, 5.41) is 3.06. The molecular formula is C13H19FN2O2. The third kappa shape index (κ3) is 4.25. The van der Waals surface area contributed by atoms with Crippen molar-refractivity contribution in [2.45, 2.75) is 6.92 Å². The van der Waals surface area contributed by atoms with Gasteiger partial charge < -0.3 is 20.5 Å². The lowest BCUT2D eigenvalue weighted by Gasteiger charge is -2.12. The van der Waals surface area contributed by atoms with Crippen LogP contribution in [0.15, 0.2) is 24.3 Å². The molecule has 0 amide bonds. The molecule has 0 heterocycles. The van der Waals surface area contributed by atoms with Crippen molar-refractivity contribution in [1.82, 2.24) is 0 Å². The van der Waals surface area contributed by atoms with E-state index < -0.39 is 5.82 Å². The standard InChI is InChI=1S/C13H19FN2O2/c1-9(2)8-18-5-4-16-12-7-13(17-3)10(14)6-11(12)15/h6-7,16H,1,4-5,8,15H2,2-3H3. The monoisotopic (exact) mass is 254 g/mol. The van der Waals surface area contributed by atoms with E-state index in [0.717, 1.165) is 5.57 Å². The van der Waals surface area contributed by atoms with Crippen molar-refractivity contribution in [2.24, 2.45) is 0 Å². The minimum atomic E-state index is -0.473. The van der Waals surface area contributed by atoms with Crippen LogP contribution in [-0.2, 0) is 4.74 Å². The van der Waals surface area contributed by atoms with E-state index in [1.165, 1.54) is 19.2 Å². The Morgan fingerprint density at radius 1 is 1.50 bits per heavy atom. The van der Waals surface area contributed by atoms with Crippen LogP contribution in [0.1, 0.15) is 6.92 Å². The third-order valence-corrected chi connectivity index (χ3v) is 2.23. The van der Waals surface area contributed by atoms with Crippen LogP contribution in [0.2, 0.25) is 0 Å². The molecule has 4 nitrogen and oxygen atoms in total. The topological polar surface area (TPSA) is 56.5 Å². The van der Waals surface area contributed by atoms with E-state index >= 15 is 0 Å². The van der Waals surface area contributed by atoms with Gasteiger partial charge in [-0.3, -0.25) is 0 Å². The Hall–Kier alpha value is -1.75. The molecule has 1 aromatic rings. The number of halogens is 1. The van der Waals surface area contributed by atoms with Gasteiger partial charge in [0.15, 0.2) is 11.6 Å². The molecule has 0 saturated carbocycles. The van der Waals surface area contributed by atoms with E-state index in [1.807, 2.05) is 6.92 Å². The maximum atomic E-state index is 13.3. The minimum absolute atomic E-state index is 0.162. The summed E-state index contributed by atoms with van der Waals surface area (Å²) in [6.07, 6.45) is 0. The number of methoxy groups -OCH3 is 1. The highest BCUT2D eigenvalue weighted by molar-refractivity contribution is 5.68. The zero-order chi connectivity index (χ0) is 13.5. The van der Waals surface area contributed by atoms with Gasteiger partial charge in [0.25, 0.3) is 0 Å². The van der Waals surface area contributed by atoms with Crippen LogP contribution in [0.4, 0.5) is 15.8 Å². The molecule has 0 aliphatic heterocycles. The fourth-order valence-electron chi connectivity index (χ4n) is 1.38. The van der Waals surface area contributed by atoms with Crippen LogP contribution in [-0.4, -0.2) is 26.9 Å². The van der Waals surface area contributed by atoms with Crippen LogP contribution < -0.4 is 15.8 Å². The molecule has 0 aliphatic carbocycles. The Kier molecular flexibility index (Phi) is 5.45. The van der Waals surface area contributed by atoms with Crippen molar-refractivity contribution in [2.75, 3.05) is 37.9 Å². The number of nitrogen functional groups attached to an aromatic ring is 1. The first-order valence-corrected chi connectivity index (χ1v) is 5.63. The van der Waals surface area contributed by atoms with Gasteiger partial charge in [0.05, 0.1) is 31.7 Å². The van der Waals surface area contributed by atoms with Crippen LogP contribution >= 0.6 is 0 Å². The predicted molar refractivity (Wildman–Crippen MR) is 71.5 cm³/mol. The first kappa shape index (κ1) is 14.3. The highest BCUT2D eigenvalue weighted by Crippen LogP contribution is 2.27. The molecule has 0 unspecified atom stereocenters. The third-order valence-electron chi connectivity index (χ3n) is 2.23. The molecule has 0 saturated heterocycles. The number of nitrogens with one attached hydrogen (secondary N) is 1. The van der Waals surface area contributed by atoms with E-state index in [-0.39, 0.29) is 5.75 Å². The lowest BCUT2D eigenvalue weighted by atomic mass is 10.2. The lowest BCUT2D eigenvalue weighted by molar-refractivity contribution is 0.167. The summed E-state index contributed by atoms with van der Waals surface area (Å²) in [5.74, 6) is -0.311. The summed E-state index contributed by atoms with van der Waals surface area (Å²) in [5.41, 5.74) is 7.64. The molecule has 100 valence electrons. The molecule has 1 aromatic carbocycles. The molecule has 0 bridgehead atoms. The normalized spacial score (nSPS) is 10.2. The number of benzene rings is 1. The Labute approximate surface area is 107 Å². The van der Waals surface area contributed by atoms with Gasteiger partial charge in [-0.15, -0.1) is 0 Å². The van der Waals surface area contributed by atoms with Crippen LogP contribution in [0.3, 0.4) is 0 Å². The lowest BCUT2D eigenvalue weighted by Crippen LogP contribution is -2.11. The van der Waals surface area contributed by atoms with Gasteiger partial charge in [-0.05, 0) is 6.92 Å². The molecule has 0 atom stereocenters. The summed E-state index contributed by atoms with van der Waals surface area (Å²) >= 11 is 0. The number of anilines is 2. The molecule has 3 N–H and O–H groups in total. The summed E-state index contributed by atoms with van der Waals surface area (Å²) in [4.78, 5) is 0. The van der Waals surface area contributed by atoms with Gasteiger partial charge in [-0.1, -0.05) is 12.2 Å². The largest absolute Gasteiger partial charge is 0.494 e. The molecule has 5 heteroatoms. The average molecular weight is 254 g/mol. The molecule has 0 aliphatic rings. The van der Waals surface area contributed by atoms with E-state index in [0.29, 0.717) is 31.1 Å². The van der Waals surface area contributed by atoms with E-state index in [2.05, 4.69) is 11.9 Å². The first-order valence-electron chi connectivity index (χ1n) is 5.63. The Morgan fingerprint density at radius 2 is 2.22 bits per heavy atom. The molecule has 18 heavy (non-hydrogen) atoms. The predicted octanol–water partition coefficient (Wildman–Crippen LogP) is 2.42. The summed E-state index contributed by atoms with van der Waals surface area (Å²) in [7, 11) is 1.41. The van der Waals surface area contributed by atoms with Crippen molar-refractivity contribution in [3.8, 4) is 5.75 Å². The molecular weight excluding hydrogens is 235 g/mol. The van der Waals surface area contributed by atoms with Crippen LogP contribution in [0, 0.1) is 5.82 Å². The van der Waals surface area contributed by atoms with Gasteiger partial charge in [0.2, 0.25) is 0 Å². The fraction of sp³-hybridized carbons (Fsp3) is 0.385. The minimum Gasteiger partial charge on any atom is -0.494 e. The highest BCUT2D eigenvalue weighted by atomic mass is 19.1. The van der Waals surface area contributed by atoms with Crippen molar-refractivity contribution < 1.29 is 13.9 Å². The average Bonchev–Trinajstić information content (AvgIpc) is 2.30. The maximum Gasteiger partial charge on any atom is 0.167 e. The number of ether oxygens (including phenoxy) is 2. The highest BCUT2D eigenvalue weighted by Gasteiger charge is 2.07. The van der Waals surface area contributed by atoms with Crippen molar-refractivity contribution in [1.29, 1.82) is 0 Å². The van der Waals surface area contributed by atoms with Crippen molar-refractivity contribution >= 4 is 11.4 Å². The smallest absolute Gasteiger partial charge is 0.167 e. The number of hydrogen-bond donors (Lipinski definition) is 2. The Morgan fingerprint density at radius 3 is 2.83 bits per heavy atom. The van der Waals surface area contributed by atoms with Crippen molar-refractivity contribution in [3.05, 3.63) is 30.1 Å². The number of hydrogen-bond acceptors (Lipinski definition) is 4. The van der Waals surface area contributed by atoms with Crippen molar-refractivity contribution in [3.63, 3.8) is 0 Å². The SMILES string of the molecule is C=C(C)COCCNc1cc(OC)c(F)cc1N. The first-order chi connectivity index (χ1) is 8.54. The van der Waals surface area contributed by atoms with E-state index in [4.69, 9.17) is 15.2 Å². The molecule has 0 spiro atoms. The van der Waals surface area contributed by atoms with Gasteiger partial charge in [0.1, 0.15) is 0 Å². The second-order valence-corrected chi connectivity index (χ2v) is 4.01. The number of nitrogens with two attached hydrogens (primary N) is 1. The molecule has 0 radical (unpaired) electrons. The second kappa shape index (κ2) is 6.86. The zero-order valence-corrected chi connectivity index (χ0v) is 10.8. The van der Waals surface area contributed by atoms with Gasteiger partial charge in [-0.25, -0.2) is 4.39 Å². The van der Waals surface area contributed by atoms with Gasteiger partial charge in [-0.2, -0.15) is 0 Å². The van der Waals surface area contributed by atoms with Crippen LogP contribution in [0.25, 0.3) is 0 Å². The Balaban J connectivity index is 2.49. The molecule has 0 aromatic heterocycles. The second-order valence-electron chi connectivity index (χ2n) is 4.01. The van der Waals surface area contributed by atoms with Gasteiger partial charge >= 0.3 is 0 Å². The zero-order valence-electron chi connectivity index (χ0n) is 10.8. The molecule has 0 fully saturated rings. The summed E-state index contributed by atoms with van der Waals surface area (Å²) < 4.78 is 23.5. The summed E-state index contributed by atoms with van der Waals surface area (Å²) in [6.45, 7) is 7.26. The summed E-state index contributed by atoms with van der Waals surface area (Å²) in [6, 6.07) is 2.76. The number of rotatable bonds is 7. The Bertz CT molecular complexity index is 422. The quantitative estimate of drug-likeness (QED) is 0.446. The van der Waals surface area contributed by atoms with Crippen LogP contribution in [0.5, 0.6) is 5.75 Å². The maximum absolute atomic E-state index is 13.3. The van der Waals surface area contributed by atoms with E-state index in [1.54, 1.807) is 0 Å². The van der Waals surface area contributed by atoms with E-state index in [9.17, 15) is 4.39 Å². The van der Waals surface area contributed by atoms with Gasteiger partial charge in [0, 0.05) is 18.7 Å². The molecule has 1 rings (SSSR count). The fourth-order valence-corrected chi connectivity index (χ4v) is 1.38.